The molecule has 0 spiro atoms. The summed E-state index contributed by atoms with van der Waals surface area (Å²) in [6.07, 6.45) is 0.997. The number of anilines is 1. The van der Waals surface area contributed by atoms with Gasteiger partial charge in [0.1, 0.15) is 0 Å². The van der Waals surface area contributed by atoms with Crippen molar-refractivity contribution in [1.82, 2.24) is 0 Å². The topological polar surface area (TPSA) is 29.1 Å². The Hall–Kier alpha value is -0.540. The van der Waals surface area contributed by atoms with Gasteiger partial charge in [0.25, 0.3) is 0 Å². The van der Waals surface area contributed by atoms with E-state index >= 15 is 0 Å². The number of nitrogens with one attached hydrogen (secondary N) is 1. The van der Waals surface area contributed by atoms with Gasteiger partial charge in [-0.05, 0) is 46.5 Å². The zero-order valence-corrected chi connectivity index (χ0v) is 10.6. The predicted molar refractivity (Wildman–Crippen MR) is 65.1 cm³/mol. The summed E-state index contributed by atoms with van der Waals surface area (Å²) in [6.45, 7) is 2.08. The molecule has 0 bridgehead atoms. The lowest BCUT2D eigenvalue weighted by molar-refractivity contribution is -0.117. The van der Waals surface area contributed by atoms with Crippen LogP contribution in [0, 0.1) is 11.8 Å². The van der Waals surface area contributed by atoms with E-state index in [1.165, 1.54) is 0 Å². The van der Waals surface area contributed by atoms with E-state index in [0.29, 0.717) is 10.9 Å². The molecule has 80 valence electrons. The monoisotopic (exact) mass is 287 g/mol. The van der Waals surface area contributed by atoms with Gasteiger partial charge in [0.05, 0.1) is 5.69 Å². The van der Waals surface area contributed by atoms with E-state index < -0.39 is 0 Å². The highest BCUT2D eigenvalue weighted by molar-refractivity contribution is 9.10. The molecule has 1 aromatic carbocycles. The lowest BCUT2D eigenvalue weighted by Gasteiger charge is -2.06. The molecule has 0 heterocycles. The summed E-state index contributed by atoms with van der Waals surface area (Å²) in [6, 6.07) is 5.34. The van der Waals surface area contributed by atoms with Gasteiger partial charge < -0.3 is 5.32 Å². The Labute approximate surface area is 102 Å². The number of benzene rings is 1. The fraction of sp³-hybridized carbons (Fsp3) is 0.364. The second kappa shape index (κ2) is 4.14. The van der Waals surface area contributed by atoms with Gasteiger partial charge in [-0.3, -0.25) is 4.79 Å². The van der Waals surface area contributed by atoms with E-state index in [0.717, 1.165) is 16.6 Å². The van der Waals surface area contributed by atoms with E-state index in [2.05, 4.69) is 28.2 Å². The summed E-state index contributed by atoms with van der Waals surface area (Å²) in [5.74, 6) is 0.814. The first-order valence-corrected chi connectivity index (χ1v) is 6.01. The maximum atomic E-state index is 11.7. The van der Waals surface area contributed by atoms with E-state index in [9.17, 15) is 4.79 Å². The SMILES string of the molecule is CC1CC1C(=O)Nc1ccc(Cl)cc1Br. The van der Waals surface area contributed by atoms with Gasteiger partial charge in [0, 0.05) is 15.4 Å². The quantitative estimate of drug-likeness (QED) is 0.883. The third-order valence-electron chi connectivity index (χ3n) is 2.64. The lowest BCUT2D eigenvalue weighted by Crippen LogP contribution is -2.14. The van der Waals surface area contributed by atoms with E-state index in [1.54, 1.807) is 18.2 Å². The third kappa shape index (κ3) is 2.52. The second-order valence-corrected chi connectivity index (χ2v) is 5.22. The Morgan fingerprint density at radius 2 is 2.27 bits per heavy atom. The molecule has 1 aromatic rings. The van der Waals surface area contributed by atoms with E-state index in [-0.39, 0.29) is 11.8 Å². The molecule has 2 atom stereocenters. The van der Waals surface area contributed by atoms with Crippen molar-refractivity contribution in [3.8, 4) is 0 Å². The van der Waals surface area contributed by atoms with Gasteiger partial charge in [0.15, 0.2) is 0 Å². The molecule has 1 aliphatic carbocycles. The summed E-state index contributed by atoms with van der Waals surface area (Å²) in [5, 5.41) is 3.54. The molecule has 15 heavy (non-hydrogen) atoms. The van der Waals surface area contributed by atoms with E-state index in [1.807, 2.05) is 0 Å². The molecular formula is C11H11BrClNO. The summed E-state index contributed by atoms with van der Waals surface area (Å²) >= 11 is 9.17. The van der Waals surface area contributed by atoms with Gasteiger partial charge in [-0.15, -0.1) is 0 Å². The Morgan fingerprint density at radius 1 is 1.60 bits per heavy atom. The fourth-order valence-electron chi connectivity index (χ4n) is 1.50. The number of carbonyl (C=O) groups is 1. The molecule has 0 aliphatic heterocycles. The molecule has 0 saturated heterocycles. The highest BCUT2D eigenvalue weighted by atomic mass is 79.9. The molecule has 2 unspecified atom stereocenters. The number of hydrogen-bond acceptors (Lipinski definition) is 1. The van der Waals surface area contributed by atoms with Crippen LogP contribution in [-0.4, -0.2) is 5.91 Å². The molecule has 1 amide bonds. The van der Waals surface area contributed by atoms with Crippen molar-refractivity contribution in [2.45, 2.75) is 13.3 Å². The zero-order valence-electron chi connectivity index (χ0n) is 8.26. The van der Waals surface area contributed by atoms with E-state index in [4.69, 9.17) is 11.6 Å². The van der Waals surface area contributed by atoms with Crippen LogP contribution in [0.25, 0.3) is 0 Å². The number of rotatable bonds is 2. The van der Waals surface area contributed by atoms with Crippen LogP contribution in [0.3, 0.4) is 0 Å². The van der Waals surface area contributed by atoms with Crippen molar-refractivity contribution >= 4 is 39.1 Å². The number of amides is 1. The molecule has 0 aromatic heterocycles. The molecule has 1 N–H and O–H groups in total. The van der Waals surface area contributed by atoms with Crippen LogP contribution in [0.15, 0.2) is 22.7 Å². The predicted octanol–water partition coefficient (Wildman–Crippen LogP) is 3.70. The van der Waals surface area contributed by atoms with Gasteiger partial charge in [0.2, 0.25) is 5.91 Å². The smallest absolute Gasteiger partial charge is 0.227 e. The van der Waals surface area contributed by atoms with Crippen molar-refractivity contribution in [1.29, 1.82) is 0 Å². The van der Waals surface area contributed by atoms with Gasteiger partial charge in [-0.25, -0.2) is 0 Å². The lowest BCUT2D eigenvalue weighted by atomic mass is 10.3. The molecule has 4 heteroatoms. The van der Waals surface area contributed by atoms with Crippen LogP contribution in [0.5, 0.6) is 0 Å². The maximum absolute atomic E-state index is 11.7. The van der Waals surface area contributed by atoms with Crippen LogP contribution in [0.2, 0.25) is 5.02 Å². The molecular weight excluding hydrogens is 277 g/mol. The van der Waals surface area contributed by atoms with Gasteiger partial charge in [-0.1, -0.05) is 18.5 Å². The largest absolute Gasteiger partial charge is 0.325 e. The Bertz CT molecular complexity index is 408. The molecule has 1 fully saturated rings. The average molecular weight is 289 g/mol. The standard InChI is InChI=1S/C11H11BrClNO/c1-6-4-8(6)11(15)14-10-3-2-7(13)5-9(10)12/h2-3,5-6,8H,4H2,1H3,(H,14,15). The highest BCUT2D eigenvalue weighted by Gasteiger charge is 2.39. The zero-order chi connectivity index (χ0) is 11.0. The minimum atomic E-state index is 0.102. The van der Waals surface area contributed by atoms with Crippen molar-refractivity contribution in [2.75, 3.05) is 5.32 Å². The number of hydrogen-bond donors (Lipinski definition) is 1. The first-order valence-electron chi connectivity index (χ1n) is 4.84. The normalized spacial score (nSPS) is 23.7. The third-order valence-corrected chi connectivity index (χ3v) is 3.53. The van der Waals surface area contributed by atoms with Crippen molar-refractivity contribution < 1.29 is 4.79 Å². The maximum Gasteiger partial charge on any atom is 0.227 e. The summed E-state index contributed by atoms with van der Waals surface area (Å²) in [4.78, 5) is 11.7. The highest BCUT2D eigenvalue weighted by Crippen LogP contribution is 2.39. The van der Waals surface area contributed by atoms with Crippen LogP contribution in [0.1, 0.15) is 13.3 Å². The van der Waals surface area contributed by atoms with Crippen LogP contribution < -0.4 is 5.32 Å². The molecule has 0 radical (unpaired) electrons. The van der Waals surface area contributed by atoms with Crippen molar-refractivity contribution in [3.05, 3.63) is 27.7 Å². The van der Waals surface area contributed by atoms with Crippen molar-refractivity contribution in [2.24, 2.45) is 11.8 Å². The summed E-state index contributed by atoms with van der Waals surface area (Å²) in [5.41, 5.74) is 0.781. The van der Waals surface area contributed by atoms with Gasteiger partial charge >= 0.3 is 0 Å². The van der Waals surface area contributed by atoms with Crippen LogP contribution in [-0.2, 0) is 4.79 Å². The first kappa shape index (κ1) is 11.0. The first-order chi connectivity index (χ1) is 7.08. The molecule has 2 nitrogen and oxygen atoms in total. The van der Waals surface area contributed by atoms with Crippen LogP contribution >= 0.6 is 27.5 Å². The van der Waals surface area contributed by atoms with Gasteiger partial charge in [-0.2, -0.15) is 0 Å². The molecule has 1 aliphatic rings. The number of halogens is 2. The number of carbonyl (C=O) groups excluding carboxylic acids is 1. The molecule has 2 rings (SSSR count). The van der Waals surface area contributed by atoms with Crippen LogP contribution in [0.4, 0.5) is 5.69 Å². The Morgan fingerprint density at radius 3 is 2.80 bits per heavy atom. The Balaban J connectivity index is 2.07. The molecule has 1 saturated carbocycles. The van der Waals surface area contributed by atoms with Crippen molar-refractivity contribution in [3.63, 3.8) is 0 Å². The summed E-state index contributed by atoms with van der Waals surface area (Å²) < 4.78 is 0.816. The minimum absolute atomic E-state index is 0.102. The average Bonchev–Trinajstić information content (AvgIpc) is 2.88. The Kier molecular flexibility index (Phi) is 3.03. The fourth-order valence-corrected chi connectivity index (χ4v) is 2.29. The summed E-state index contributed by atoms with van der Waals surface area (Å²) in [7, 11) is 0. The second-order valence-electron chi connectivity index (χ2n) is 3.93. The minimum Gasteiger partial charge on any atom is -0.325 e.